The molecule has 0 aliphatic rings. The molecule has 0 bridgehead atoms. The van der Waals surface area contributed by atoms with Crippen molar-refractivity contribution in [3.8, 4) is 11.5 Å². The van der Waals surface area contributed by atoms with Gasteiger partial charge in [0.1, 0.15) is 22.9 Å². The fourth-order valence-electron chi connectivity index (χ4n) is 1.99. The molecule has 0 saturated carbocycles. The van der Waals surface area contributed by atoms with Crippen LogP contribution in [0.25, 0.3) is 12.2 Å². The lowest BCUT2D eigenvalue weighted by Gasteiger charge is -2.09. The molecule has 0 saturated heterocycles. The molecule has 0 aliphatic carbocycles. The van der Waals surface area contributed by atoms with Crippen molar-refractivity contribution in [3.05, 3.63) is 58.9 Å². The molecule has 22 heavy (non-hydrogen) atoms. The van der Waals surface area contributed by atoms with E-state index in [0.717, 1.165) is 0 Å². The van der Waals surface area contributed by atoms with E-state index in [1.54, 1.807) is 30.4 Å². The zero-order chi connectivity index (χ0) is 16.1. The summed E-state index contributed by atoms with van der Waals surface area (Å²) in [6, 6.07) is 8.91. The summed E-state index contributed by atoms with van der Waals surface area (Å²) in [4.78, 5) is 11.8. The van der Waals surface area contributed by atoms with Crippen LogP contribution in [0, 0.1) is 5.82 Å². The Morgan fingerprint density at radius 1 is 1.18 bits per heavy atom. The summed E-state index contributed by atoms with van der Waals surface area (Å²) >= 11 is 0. The Balaban J connectivity index is 2.48. The van der Waals surface area contributed by atoms with Crippen molar-refractivity contribution in [3.63, 3.8) is 0 Å². The van der Waals surface area contributed by atoms with Crippen LogP contribution in [-0.2, 0) is 4.74 Å². The highest BCUT2D eigenvalue weighted by molar-refractivity contribution is 5.98. The van der Waals surface area contributed by atoms with Gasteiger partial charge in [-0.05, 0) is 29.3 Å². The fraction of sp³-hybridized carbons (Fsp3) is 0.118. The van der Waals surface area contributed by atoms with Crippen molar-refractivity contribution in [1.82, 2.24) is 0 Å². The van der Waals surface area contributed by atoms with Gasteiger partial charge in [0.25, 0.3) is 0 Å². The second-order valence-electron chi connectivity index (χ2n) is 4.49. The molecule has 5 heteroatoms. The number of ether oxygens (including phenoxy) is 2. The number of phenolic OH excluding ortho intramolecular Hbond substituents is 1. The number of hydrogen-bond acceptors (Lipinski definition) is 4. The Labute approximate surface area is 127 Å². The van der Waals surface area contributed by atoms with Gasteiger partial charge in [-0.2, -0.15) is 0 Å². The summed E-state index contributed by atoms with van der Waals surface area (Å²) in [5.41, 5.74) is 1.06. The third kappa shape index (κ3) is 3.44. The molecule has 4 nitrogen and oxygen atoms in total. The second-order valence-corrected chi connectivity index (χ2v) is 4.49. The van der Waals surface area contributed by atoms with Crippen LogP contribution in [0.5, 0.6) is 11.5 Å². The van der Waals surface area contributed by atoms with Gasteiger partial charge in [-0.3, -0.25) is 0 Å². The molecule has 0 spiro atoms. The quantitative estimate of drug-likeness (QED) is 0.694. The summed E-state index contributed by atoms with van der Waals surface area (Å²) in [6.07, 6.45) is 3.22. The average Bonchev–Trinajstić information content (AvgIpc) is 2.51. The highest BCUT2D eigenvalue weighted by atomic mass is 19.1. The van der Waals surface area contributed by atoms with Crippen molar-refractivity contribution in [2.24, 2.45) is 0 Å². The number of hydrogen-bond donors (Lipinski definition) is 1. The molecular weight excluding hydrogens is 287 g/mol. The van der Waals surface area contributed by atoms with Crippen LogP contribution in [0.3, 0.4) is 0 Å². The minimum Gasteiger partial charge on any atom is -0.507 e. The van der Waals surface area contributed by atoms with Crippen LogP contribution in [-0.4, -0.2) is 25.3 Å². The smallest absolute Gasteiger partial charge is 0.342 e. The van der Waals surface area contributed by atoms with Crippen molar-refractivity contribution in [2.75, 3.05) is 14.2 Å². The lowest BCUT2D eigenvalue weighted by atomic mass is 10.0. The molecule has 0 fully saturated rings. The molecule has 0 unspecified atom stereocenters. The second kappa shape index (κ2) is 6.76. The molecule has 1 N–H and O–H groups in total. The lowest BCUT2D eigenvalue weighted by Crippen LogP contribution is -2.04. The largest absolute Gasteiger partial charge is 0.507 e. The van der Waals surface area contributed by atoms with E-state index in [2.05, 4.69) is 4.74 Å². The van der Waals surface area contributed by atoms with E-state index in [4.69, 9.17) is 4.74 Å². The first-order valence-electron chi connectivity index (χ1n) is 6.48. The molecule has 0 atom stereocenters. The van der Waals surface area contributed by atoms with E-state index in [-0.39, 0.29) is 17.1 Å². The maximum Gasteiger partial charge on any atom is 0.342 e. The predicted octanol–water partition coefficient (Wildman–Crippen LogP) is 3.50. The number of carbonyl (C=O) groups excluding carboxylic acids is 1. The van der Waals surface area contributed by atoms with Gasteiger partial charge in [-0.15, -0.1) is 0 Å². The Morgan fingerprint density at radius 3 is 2.59 bits per heavy atom. The molecular formula is C17H15FO4. The third-order valence-corrected chi connectivity index (χ3v) is 3.05. The summed E-state index contributed by atoms with van der Waals surface area (Å²) in [5, 5.41) is 9.97. The van der Waals surface area contributed by atoms with Gasteiger partial charge in [-0.25, -0.2) is 9.18 Å². The average molecular weight is 302 g/mol. The van der Waals surface area contributed by atoms with Crippen LogP contribution in [0.15, 0.2) is 36.4 Å². The van der Waals surface area contributed by atoms with Gasteiger partial charge in [-0.1, -0.05) is 24.3 Å². The Morgan fingerprint density at radius 2 is 1.95 bits per heavy atom. The number of halogens is 1. The van der Waals surface area contributed by atoms with Crippen LogP contribution < -0.4 is 4.74 Å². The minimum atomic E-state index is -0.668. The van der Waals surface area contributed by atoms with E-state index >= 15 is 0 Å². The van der Waals surface area contributed by atoms with Crippen LogP contribution >= 0.6 is 0 Å². The summed E-state index contributed by atoms with van der Waals surface area (Å²) in [7, 11) is 2.68. The summed E-state index contributed by atoms with van der Waals surface area (Å²) in [6.45, 7) is 0. The zero-order valence-corrected chi connectivity index (χ0v) is 12.2. The molecule has 0 aliphatic heterocycles. The Hall–Kier alpha value is -2.82. The summed E-state index contributed by atoms with van der Waals surface area (Å²) < 4.78 is 22.9. The SMILES string of the molecule is COC(=O)c1c(O)cc(OC)cc1/C=C/c1cccc(F)c1. The molecule has 0 amide bonds. The molecule has 114 valence electrons. The van der Waals surface area contributed by atoms with Crippen LogP contribution in [0.1, 0.15) is 21.5 Å². The third-order valence-electron chi connectivity index (χ3n) is 3.05. The minimum absolute atomic E-state index is 0.0240. The van der Waals surface area contributed by atoms with E-state index < -0.39 is 5.97 Å². The van der Waals surface area contributed by atoms with Gasteiger partial charge in [0.15, 0.2) is 0 Å². The number of esters is 1. The molecule has 0 radical (unpaired) electrons. The number of aromatic hydroxyl groups is 1. The lowest BCUT2D eigenvalue weighted by molar-refractivity contribution is 0.0597. The topological polar surface area (TPSA) is 55.8 Å². The summed E-state index contributed by atoms with van der Waals surface area (Å²) in [5.74, 6) is -0.878. The first-order chi connectivity index (χ1) is 10.5. The van der Waals surface area contributed by atoms with Crippen molar-refractivity contribution in [1.29, 1.82) is 0 Å². The number of benzene rings is 2. The number of methoxy groups -OCH3 is 2. The van der Waals surface area contributed by atoms with Crippen molar-refractivity contribution in [2.45, 2.75) is 0 Å². The number of rotatable bonds is 4. The van der Waals surface area contributed by atoms with E-state index in [1.165, 1.54) is 32.4 Å². The fourth-order valence-corrected chi connectivity index (χ4v) is 1.99. The highest BCUT2D eigenvalue weighted by Gasteiger charge is 2.17. The predicted molar refractivity (Wildman–Crippen MR) is 81.3 cm³/mol. The zero-order valence-electron chi connectivity index (χ0n) is 12.2. The Kier molecular flexibility index (Phi) is 4.78. The van der Waals surface area contributed by atoms with Crippen molar-refractivity contribution >= 4 is 18.1 Å². The van der Waals surface area contributed by atoms with E-state index in [0.29, 0.717) is 16.9 Å². The van der Waals surface area contributed by atoms with Crippen molar-refractivity contribution < 1.29 is 23.8 Å². The maximum atomic E-state index is 13.2. The van der Waals surface area contributed by atoms with E-state index in [1.807, 2.05) is 0 Å². The normalized spacial score (nSPS) is 10.7. The molecule has 0 aromatic heterocycles. The maximum absolute atomic E-state index is 13.2. The highest BCUT2D eigenvalue weighted by Crippen LogP contribution is 2.30. The van der Waals surface area contributed by atoms with Gasteiger partial charge in [0.2, 0.25) is 0 Å². The number of carbonyl (C=O) groups is 1. The van der Waals surface area contributed by atoms with Gasteiger partial charge >= 0.3 is 5.97 Å². The van der Waals surface area contributed by atoms with Crippen LogP contribution in [0.2, 0.25) is 0 Å². The van der Waals surface area contributed by atoms with Gasteiger partial charge < -0.3 is 14.6 Å². The van der Waals surface area contributed by atoms with Gasteiger partial charge in [0, 0.05) is 6.07 Å². The molecule has 2 aromatic rings. The monoisotopic (exact) mass is 302 g/mol. The first-order valence-corrected chi connectivity index (χ1v) is 6.48. The molecule has 0 heterocycles. The molecule has 2 aromatic carbocycles. The number of phenols is 1. The standard InChI is InChI=1S/C17H15FO4/c1-21-14-9-12(16(15(19)10-14)17(20)22-2)7-6-11-4-3-5-13(18)8-11/h3-10,19H,1-2H3/b7-6+. The Bertz CT molecular complexity index is 723. The van der Waals surface area contributed by atoms with Gasteiger partial charge in [0.05, 0.1) is 14.2 Å². The van der Waals surface area contributed by atoms with Crippen LogP contribution in [0.4, 0.5) is 4.39 Å². The van der Waals surface area contributed by atoms with E-state index in [9.17, 15) is 14.3 Å². The molecule has 2 rings (SSSR count). The first kappa shape index (κ1) is 15.6.